The summed E-state index contributed by atoms with van der Waals surface area (Å²) in [5, 5.41) is 9.18. The number of rotatable bonds is 4. The number of piperidine rings is 1. The summed E-state index contributed by atoms with van der Waals surface area (Å²) in [7, 11) is 0. The zero-order valence-corrected chi connectivity index (χ0v) is 16.1. The lowest BCUT2D eigenvalue weighted by atomic mass is 9.89. The Kier molecular flexibility index (Phi) is 4.27. The lowest BCUT2D eigenvalue weighted by molar-refractivity contribution is 0.0984. The Morgan fingerprint density at radius 2 is 1.86 bits per heavy atom. The van der Waals surface area contributed by atoms with Crippen LogP contribution in [-0.4, -0.2) is 33.6 Å². The maximum Gasteiger partial charge on any atom is 0.252 e. The highest BCUT2D eigenvalue weighted by molar-refractivity contribution is 6.31. The number of anilines is 1. The fourth-order valence-electron chi connectivity index (χ4n) is 4.23. The summed E-state index contributed by atoms with van der Waals surface area (Å²) in [5.41, 5.74) is 3.05. The molecule has 146 valence electrons. The maximum atomic E-state index is 13.2. The Bertz CT molecular complexity index is 1010. The average Bonchev–Trinajstić information content (AvgIpc) is 3.11. The molecule has 1 aromatic carbocycles. The molecule has 1 saturated carbocycles. The predicted molar refractivity (Wildman–Crippen MR) is 105 cm³/mol. The van der Waals surface area contributed by atoms with Gasteiger partial charge in [-0.15, -0.1) is 10.2 Å². The van der Waals surface area contributed by atoms with E-state index < -0.39 is 11.8 Å². The number of alkyl halides is 2. The van der Waals surface area contributed by atoms with E-state index in [1.807, 2.05) is 40.9 Å². The number of nitrogens with zero attached hydrogens (tertiary/aromatic N) is 4. The molecule has 0 spiro atoms. The van der Waals surface area contributed by atoms with E-state index in [2.05, 4.69) is 21.2 Å². The van der Waals surface area contributed by atoms with E-state index in [-0.39, 0.29) is 12.8 Å². The van der Waals surface area contributed by atoms with Crippen LogP contribution in [-0.2, 0) is 6.42 Å². The Morgan fingerprint density at radius 1 is 1.11 bits per heavy atom. The molecule has 3 aromatic rings. The fourth-order valence-corrected chi connectivity index (χ4v) is 4.52. The van der Waals surface area contributed by atoms with Crippen molar-refractivity contribution in [3.63, 3.8) is 0 Å². The van der Waals surface area contributed by atoms with Crippen molar-refractivity contribution in [2.45, 2.75) is 37.5 Å². The summed E-state index contributed by atoms with van der Waals surface area (Å²) < 4.78 is 28.2. The predicted octanol–water partition coefficient (Wildman–Crippen LogP) is 4.96. The minimum absolute atomic E-state index is 0.0413. The van der Waals surface area contributed by atoms with Crippen molar-refractivity contribution in [1.29, 1.82) is 0 Å². The highest BCUT2D eigenvalue weighted by Crippen LogP contribution is 2.50. The van der Waals surface area contributed by atoms with E-state index in [0.717, 1.165) is 36.6 Å². The standard InChI is InChI=1S/C21H21ClF2N4/c22-18-4-2-1-3-17(18)14-5-8-27(9-6-14)16-7-10-28-19(25-26-20(28)12-16)11-15-13-21(15,23)24/h1-4,7,10,12,14-15H,5-6,8-9,11,13H2. The lowest BCUT2D eigenvalue weighted by Gasteiger charge is -2.34. The largest absolute Gasteiger partial charge is 0.371 e. The Morgan fingerprint density at radius 3 is 2.57 bits per heavy atom. The summed E-state index contributed by atoms with van der Waals surface area (Å²) in [6.45, 7) is 1.89. The van der Waals surface area contributed by atoms with Gasteiger partial charge in [0.25, 0.3) is 5.92 Å². The molecule has 2 fully saturated rings. The van der Waals surface area contributed by atoms with E-state index in [1.165, 1.54) is 5.56 Å². The smallest absolute Gasteiger partial charge is 0.252 e. The molecule has 4 nitrogen and oxygen atoms in total. The highest BCUT2D eigenvalue weighted by atomic mass is 35.5. The molecule has 28 heavy (non-hydrogen) atoms. The van der Waals surface area contributed by atoms with Gasteiger partial charge in [0.15, 0.2) is 5.65 Å². The Labute approximate surface area is 167 Å². The topological polar surface area (TPSA) is 33.4 Å². The van der Waals surface area contributed by atoms with Gasteiger partial charge in [0, 0.05) is 54.8 Å². The lowest BCUT2D eigenvalue weighted by Crippen LogP contribution is -2.33. The molecule has 0 bridgehead atoms. The molecule has 3 heterocycles. The number of benzene rings is 1. The molecule has 1 unspecified atom stereocenters. The molecular formula is C21H21ClF2N4. The van der Waals surface area contributed by atoms with Crippen LogP contribution in [0.4, 0.5) is 14.5 Å². The van der Waals surface area contributed by atoms with Crippen molar-refractivity contribution >= 4 is 22.9 Å². The van der Waals surface area contributed by atoms with E-state index in [1.54, 1.807) is 0 Å². The number of pyridine rings is 1. The second-order valence-corrected chi connectivity index (χ2v) is 8.29. The molecule has 1 atom stereocenters. The Hall–Kier alpha value is -2.21. The van der Waals surface area contributed by atoms with Crippen LogP contribution in [0.5, 0.6) is 0 Å². The normalized spacial score (nSPS) is 22.0. The first-order chi connectivity index (χ1) is 13.5. The molecule has 1 aliphatic carbocycles. The maximum absolute atomic E-state index is 13.2. The van der Waals surface area contributed by atoms with Gasteiger partial charge in [0.2, 0.25) is 0 Å². The van der Waals surface area contributed by atoms with Gasteiger partial charge in [-0.25, -0.2) is 8.78 Å². The second kappa shape index (κ2) is 6.69. The number of aromatic nitrogens is 3. The quantitative estimate of drug-likeness (QED) is 0.618. The van der Waals surface area contributed by atoms with Crippen molar-refractivity contribution in [3.05, 3.63) is 59.0 Å². The van der Waals surface area contributed by atoms with E-state index in [4.69, 9.17) is 11.6 Å². The van der Waals surface area contributed by atoms with E-state index >= 15 is 0 Å². The summed E-state index contributed by atoms with van der Waals surface area (Å²) in [6, 6.07) is 12.1. The summed E-state index contributed by atoms with van der Waals surface area (Å²) in [5.74, 6) is -2.03. The van der Waals surface area contributed by atoms with Crippen LogP contribution >= 0.6 is 11.6 Å². The van der Waals surface area contributed by atoms with Gasteiger partial charge in [0.05, 0.1) is 0 Å². The molecule has 5 rings (SSSR count). The third-order valence-corrected chi connectivity index (χ3v) is 6.40. The zero-order chi connectivity index (χ0) is 19.3. The monoisotopic (exact) mass is 402 g/mol. The van der Waals surface area contributed by atoms with Gasteiger partial charge in [-0.3, -0.25) is 4.40 Å². The summed E-state index contributed by atoms with van der Waals surface area (Å²) in [6.07, 6.45) is 4.23. The van der Waals surface area contributed by atoms with Crippen LogP contribution < -0.4 is 4.90 Å². The molecule has 1 saturated heterocycles. The number of hydrogen-bond acceptors (Lipinski definition) is 3. The van der Waals surface area contributed by atoms with Crippen molar-refractivity contribution in [3.8, 4) is 0 Å². The van der Waals surface area contributed by atoms with Crippen LogP contribution in [0.2, 0.25) is 5.02 Å². The van der Waals surface area contributed by atoms with Crippen LogP contribution in [0.15, 0.2) is 42.6 Å². The van der Waals surface area contributed by atoms with Crippen molar-refractivity contribution in [2.75, 3.05) is 18.0 Å². The van der Waals surface area contributed by atoms with Gasteiger partial charge >= 0.3 is 0 Å². The molecule has 7 heteroatoms. The van der Waals surface area contributed by atoms with E-state index in [9.17, 15) is 8.78 Å². The first kappa shape index (κ1) is 17.9. The van der Waals surface area contributed by atoms with E-state index in [0.29, 0.717) is 17.4 Å². The number of fused-ring (bicyclic) bond motifs is 1. The SMILES string of the molecule is FC1(F)CC1Cc1nnc2cc(N3CCC(c4ccccc4Cl)CC3)ccn12. The third-order valence-electron chi connectivity index (χ3n) is 6.05. The van der Waals surface area contributed by atoms with Crippen LogP contribution in [0, 0.1) is 5.92 Å². The van der Waals surface area contributed by atoms with Crippen molar-refractivity contribution < 1.29 is 8.78 Å². The second-order valence-electron chi connectivity index (χ2n) is 7.88. The van der Waals surface area contributed by atoms with Crippen molar-refractivity contribution in [1.82, 2.24) is 14.6 Å². The number of hydrogen-bond donors (Lipinski definition) is 0. The minimum atomic E-state index is -2.53. The third kappa shape index (κ3) is 3.24. The van der Waals surface area contributed by atoms with Crippen LogP contribution in [0.1, 0.15) is 36.6 Å². The van der Waals surface area contributed by atoms with Crippen LogP contribution in [0.25, 0.3) is 5.65 Å². The molecule has 0 amide bonds. The molecule has 2 aromatic heterocycles. The average molecular weight is 403 g/mol. The molecule has 1 aliphatic heterocycles. The Balaban J connectivity index is 1.29. The van der Waals surface area contributed by atoms with Gasteiger partial charge in [-0.1, -0.05) is 29.8 Å². The minimum Gasteiger partial charge on any atom is -0.371 e. The summed E-state index contributed by atoms with van der Waals surface area (Å²) in [4.78, 5) is 2.34. The highest BCUT2D eigenvalue weighted by Gasteiger charge is 2.56. The van der Waals surface area contributed by atoms with Crippen molar-refractivity contribution in [2.24, 2.45) is 5.92 Å². The molecule has 0 radical (unpaired) electrons. The molecule has 2 aliphatic rings. The van der Waals surface area contributed by atoms with Gasteiger partial charge < -0.3 is 4.90 Å². The zero-order valence-electron chi connectivity index (χ0n) is 15.4. The molecular weight excluding hydrogens is 382 g/mol. The molecule has 0 N–H and O–H groups in total. The number of halogens is 3. The fraction of sp³-hybridized carbons (Fsp3) is 0.429. The first-order valence-corrected chi connectivity index (χ1v) is 10.1. The first-order valence-electron chi connectivity index (χ1n) is 9.72. The van der Waals surface area contributed by atoms with Crippen LogP contribution in [0.3, 0.4) is 0 Å². The van der Waals surface area contributed by atoms with Gasteiger partial charge in [0.1, 0.15) is 5.82 Å². The van der Waals surface area contributed by atoms with Gasteiger partial charge in [-0.2, -0.15) is 0 Å². The van der Waals surface area contributed by atoms with Gasteiger partial charge in [-0.05, 0) is 36.5 Å². The summed E-state index contributed by atoms with van der Waals surface area (Å²) >= 11 is 6.36.